The summed E-state index contributed by atoms with van der Waals surface area (Å²) < 4.78 is 11.7. The molecule has 0 rings (SSSR count). The van der Waals surface area contributed by atoms with Crippen LogP contribution in [0.25, 0.3) is 0 Å². The van der Waals surface area contributed by atoms with Crippen LogP contribution in [-0.2, 0) is 8.85 Å². The summed E-state index contributed by atoms with van der Waals surface area (Å²) in [4.78, 5) is 0. The first kappa shape index (κ1) is 14.9. The van der Waals surface area contributed by atoms with Crippen LogP contribution in [0, 0.1) is 0 Å². The van der Waals surface area contributed by atoms with E-state index in [4.69, 9.17) is 8.85 Å². The van der Waals surface area contributed by atoms with Crippen molar-refractivity contribution in [3.05, 3.63) is 11.8 Å². The van der Waals surface area contributed by atoms with Crippen molar-refractivity contribution < 1.29 is 8.85 Å². The van der Waals surface area contributed by atoms with E-state index >= 15 is 0 Å². The van der Waals surface area contributed by atoms with E-state index in [1.165, 1.54) is 12.8 Å². The fourth-order valence-corrected chi connectivity index (χ4v) is 3.96. The molecular weight excluding hydrogens is 204 g/mol. The Balaban J connectivity index is 4.24. The highest BCUT2D eigenvalue weighted by Gasteiger charge is 2.31. The summed E-state index contributed by atoms with van der Waals surface area (Å²) in [5.74, 6) is 0. The quantitative estimate of drug-likeness (QED) is 0.443. The average molecular weight is 230 g/mol. The van der Waals surface area contributed by atoms with Crippen LogP contribution in [0.2, 0.25) is 6.04 Å². The second-order valence-corrected chi connectivity index (χ2v) is 6.82. The van der Waals surface area contributed by atoms with Gasteiger partial charge in [0.1, 0.15) is 0 Å². The summed E-state index contributed by atoms with van der Waals surface area (Å²) in [5, 5.41) is 0. The maximum Gasteiger partial charge on any atom is 0.364 e. The molecule has 0 unspecified atom stereocenters. The number of allylic oxidation sites excluding steroid dienone is 1. The van der Waals surface area contributed by atoms with Crippen LogP contribution in [0.3, 0.4) is 0 Å². The van der Waals surface area contributed by atoms with Crippen LogP contribution in [-0.4, -0.2) is 21.8 Å². The Morgan fingerprint density at radius 1 is 1.00 bits per heavy atom. The van der Waals surface area contributed by atoms with E-state index < -0.39 is 8.56 Å². The van der Waals surface area contributed by atoms with E-state index in [9.17, 15) is 0 Å². The zero-order chi connectivity index (χ0) is 11.6. The molecule has 0 aliphatic heterocycles. The van der Waals surface area contributed by atoms with Crippen LogP contribution in [0.15, 0.2) is 11.8 Å². The van der Waals surface area contributed by atoms with Crippen LogP contribution >= 0.6 is 0 Å². The van der Waals surface area contributed by atoms with Crippen LogP contribution in [0.1, 0.15) is 47.0 Å². The molecule has 0 heterocycles. The molecule has 3 heteroatoms. The van der Waals surface area contributed by atoms with E-state index in [2.05, 4.69) is 25.6 Å². The molecule has 0 saturated heterocycles. The number of unbranched alkanes of at least 4 members (excludes halogenated alkanes) is 2. The molecule has 0 spiro atoms. The van der Waals surface area contributed by atoms with Crippen molar-refractivity contribution >= 4 is 8.56 Å². The van der Waals surface area contributed by atoms with E-state index in [1.54, 1.807) is 0 Å². The van der Waals surface area contributed by atoms with Crippen LogP contribution < -0.4 is 0 Å². The van der Waals surface area contributed by atoms with Gasteiger partial charge in [-0.25, -0.2) is 0 Å². The fourth-order valence-electron chi connectivity index (χ4n) is 1.53. The molecule has 0 aliphatic carbocycles. The number of hydrogen-bond acceptors (Lipinski definition) is 2. The molecule has 0 bridgehead atoms. The van der Waals surface area contributed by atoms with Gasteiger partial charge in [0.15, 0.2) is 0 Å². The maximum absolute atomic E-state index is 5.83. The highest BCUT2D eigenvalue weighted by Crippen LogP contribution is 2.15. The molecular formula is C12H26O2Si. The molecule has 0 N–H and O–H groups in total. The first-order valence-electron chi connectivity index (χ1n) is 6.20. The van der Waals surface area contributed by atoms with Crippen molar-refractivity contribution in [1.29, 1.82) is 0 Å². The van der Waals surface area contributed by atoms with Gasteiger partial charge in [-0.15, -0.1) is 0 Å². The van der Waals surface area contributed by atoms with Gasteiger partial charge in [-0.3, -0.25) is 0 Å². The second kappa shape index (κ2) is 9.13. The van der Waals surface area contributed by atoms with Gasteiger partial charge >= 0.3 is 8.56 Å². The summed E-state index contributed by atoms with van der Waals surface area (Å²) in [6, 6.07) is 0.997. The Morgan fingerprint density at radius 2 is 1.60 bits per heavy atom. The van der Waals surface area contributed by atoms with E-state index in [1.807, 2.05) is 13.8 Å². The Kier molecular flexibility index (Phi) is 9.05. The lowest BCUT2D eigenvalue weighted by atomic mass is 10.2. The zero-order valence-electron chi connectivity index (χ0n) is 10.7. The largest absolute Gasteiger partial charge is 0.392 e. The lowest BCUT2D eigenvalue weighted by Gasteiger charge is -2.25. The predicted octanol–water partition coefficient (Wildman–Crippen LogP) is 3.81. The third kappa shape index (κ3) is 6.13. The lowest BCUT2D eigenvalue weighted by Crippen LogP contribution is -2.39. The summed E-state index contributed by atoms with van der Waals surface area (Å²) in [5.41, 5.74) is 2.22. The molecule has 0 fully saturated rings. The summed E-state index contributed by atoms with van der Waals surface area (Å²) in [6.07, 6.45) is 5.88. The molecule has 0 aromatic rings. The van der Waals surface area contributed by atoms with Crippen molar-refractivity contribution in [2.75, 3.05) is 13.2 Å². The molecule has 0 aromatic carbocycles. The molecule has 0 aliphatic rings. The van der Waals surface area contributed by atoms with Crippen molar-refractivity contribution in [3.8, 4) is 0 Å². The molecule has 2 nitrogen and oxygen atoms in total. The average Bonchev–Trinajstić information content (AvgIpc) is 2.25. The topological polar surface area (TPSA) is 18.5 Å². The standard InChI is InChI=1S/C12H26O2Si/c1-5-9-10-11-12-15(8-4,13-6-2)14-7-3/h11-12H,5-10H2,1-4H3. The van der Waals surface area contributed by atoms with Crippen LogP contribution in [0.4, 0.5) is 0 Å². The predicted molar refractivity (Wildman–Crippen MR) is 68.2 cm³/mol. The SMILES string of the molecule is CCCCC=C[Si](CC)(OCC)OCC. The summed E-state index contributed by atoms with van der Waals surface area (Å²) in [7, 11) is -2.00. The van der Waals surface area contributed by atoms with Gasteiger partial charge in [-0.2, -0.15) is 0 Å². The van der Waals surface area contributed by atoms with E-state index in [0.717, 1.165) is 25.7 Å². The van der Waals surface area contributed by atoms with Gasteiger partial charge < -0.3 is 8.85 Å². The molecule has 0 amide bonds. The zero-order valence-corrected chi connectivity index (χ0v) is 11.7. The Morgan fingerprint density at radius 3 is 2.00 bits per heavy atom. The minimum absolute atomic E-state index is 0.748. The minimum Gasteiger partial charge on any atom is -0.392 e. The Labute approximate surface area is 95.9 Å². The lowest BCUT2D eigenvalue weighted by molar-refractivity contribution is 0.195. The van der Waals surface area contributed by atoms with Gasteiger partial charge in [0, 0.05) is 13.2 Å². The third-order valence-electron chi connectivity index (χ3n) is 2.37. The van der Waals surface area contributed by atoms with E-state index in [-0.39, 0.29) is 0 Å². The monoisotopic (exact) mass is 230 g/mol. The van der Waals surface area contributed by atoms with Crippen LogP contribution in [0.5, 0.6) is 0 Å². The molecule has 0 atom stereocenters. The first-order chi connectivity index (χ1) is 7.24. The molecule has 15 heavy (non-hydrogen) atoms. The normalized spacial score (nSPS) is 12.5. The minimum atomic E-state index is -2.00. The maximum atomic E-state index is 5.83. The number of rotatable bonds is 9. The van der Waals surface area contributed by atoms with Gasteiger partial charge in [-0.1, -0.05) is 32.8 Å². The fraction of sp³-hybridized carbons (Fsp3) is 0.833. The Bertz CT molecular complexity index is 163. The molecule has 0 radical (unpaired) electrons. The highest BCUT2D eigenvalue weighted by molar-refractivity contribution is 6.72. The molecule has 90 valence electrons. The Hall–Kier alpha value is -0.123. The van der Waals surface area contributed by atoms with E-state index in [0.29, 0.717) is 0 Å². The second-order valence-electron chi connectivity index (χ2n) is 3.58. The van der Waals surface area contributed by atoms with Crippen molar-refractivity contribution in [2.45, 2.75) is 53.0 Å². The summed E-state index contributed by atoms with van der Waals surface area (Å²) >= 11 is 0. The third-order valence-corrected chi connectivity index (χ3v) is 5.65. The smallest absolute Gasteiger partial charge is 0.364 e. The van der Waals surface area contributed by atoms with Crippen molar-refractivity contribution in [1.82, 2.24) is 0 Å². The van der Waals surface area contributed by atoms with Crippen molar-refractivity contribution in [2.24, 2.45) is 0 Å². The van der Waals surface area contributed by atoms with Gasteiger partial charge in [-0.05, 0) is 32.0 Å². The highest BCUT2D eigenvalue weighted by atomic mass is 28.4. The molecule has 0 saturated carbocycles. The molecule has 0 aromatic heterocycles. The number of hydrogen-bond donors (Lipinski definition) is 0. The van der Waals surface area contributed by atoms with Crippen molar-refractivity contribution in [3.63, 3.8) is 0 Å². The van der Waals surface area contributed by atoms with Gasteiger partial charge in [0.2, 0.25) is 0 Å². The summed E-state index contributed by atoms with van der Waals surface area (Å²) in [6.45, 7) is 9.94. The van der Waals surface area contributed by atoms with Gasteiger partial charge in [0.25, 0.3) is 0 Å². The first-order valence-corrected chi connectivity index (χ1v) is 8.30. The van der Waals surface area contributed by atoms with Gasteiger partial charge in [0.05, 0.1) is 0 Å².